The Balaban J connectivity index is 4.67. The van der Waals surface area contributed by atoms with Crippen molar-refractivity contribution in [2.24, 2.45) is 17.3 Å². The van der Waals surface area contributed by atoms with E-state index in [-0.39, 0.29) is 13.0 Å². The molecule has 0 aliphatic rings. The molecule has 0 bridgehead atoms. The number of esters is 3. The molecule has 0 N–H and O–H groups in total. The van der Waals surface area contributed by atoms with E-state index in [0.717, 1.165) is 0 Å². The van der Waals surface area contributed by atoms with Crippen molar-refractivity contribution >= 4 is 17.9 Å². The first-order valence-corrected chi connectivity index (χ1v) is 8.20. The Bertz CT molecular complexity index is 543. The quantitative estimate of drug-likeness (QED) is 0.244. The molecule has 0 aromatic rings. The van der Waals surface area contributed by atoms with E-state index in [1.807, 2.05) is 0 Å². The normalized spacial score (nSPS) is 14.6. The van der Waals surface area contributed by atoms with E-state index in [1.165, 1.54) is 6.92 Å². The molecule has 1 unspecified atom stereocenters. The predicted molar refractivity (Wildman–Crippen MR) is 81.7 cm³/mol. The smallest absolute Gasteiger partial charge is 0.411 e. The van der Waals surface area contributed by atoms with Crippen molar-refractivity contribution in [3.05, 3.63) is 0 Å². The number of ether oxygens (including phenoxy) is 3. The first-order chi connectivity index (χ1) is 12.6. The Morgan fingerprint density at radius 3 is 1.68 bits per heavy atom. The lowest BCUT2D eigenvalue weighted by Gasteiger charge is -2.26. The molecule has 0 aliphatic carbocycles. The summed E-state index contributed by atoms with van der Waals surface area (Å²) < 4.78 is 87.8. The van der Waals surface area contributed by atoms with E-state index in [9.17, 15) is 40.7 Å². The molecule has 0 heterocycles. The largest absolute Gasteiger partial charge is 0.464 e. The molecule has 0 aromatic carbocycles. The van der Waals surface area contributed by atoms with Crippen LogP contribution in [0.5, 0.6) is 0 Å². The highest BCUT2D eigenvalue weighted by molar-refractivity contribution is 5.78. The van der Waals surface area contributed by atoms with Crippen LogP contribution in [0.3, 0.4) is 0 Å². The first kappa shape index (κ1) is 26.0. The van der Waals surface area contributed by atoms with Crippen LogP contribution >= 0.6 is 0 Å². The summed E-state index contributed by atoms with van der Waals surface area (Å²) in [6.07, 6.45) is -11.6. The van der Waals surface area contributed by atoms with Crippen molar-refractivity contribution in [3.8, 4) is 0 Å². The molecule has 0 spiro atoms. The third-order valence-electron chi connectivity index (χ3n) is 3.73. The van der Waals surface area contributed by atoms with Crippen LogP contribution in [-0.4, -0.2) is 50.1 Å². The Kier molecular flexibility index (Phi) is 9.25. The maximum Gasteiger partial charge on any atom is 0.411 e. The van der Waals surface area contributed by atoms with Gasteiger partial charge >= 0.3 is 30.3 Å². The molecule has 164 valence electrons. The van der Waals surface area contributed by atoms with Crippen molar-refractivity contribution < 1.29 is 54.9 Å². The number of hydrogen-bond acceptors (Lipinski definition) is 6. The average molecular weight is 424 g/mol. The Morgan fingerprint density at radius 1 is 0.821 bits per heavy atom. The van der Waals surface area contributed by atoms with E-state index >= 15 is 0 Å². The van der Waals surface area contributed by atoms with Crippen LogP contribution in [0.4, 0.5) is 26.3 Å². The number of carbonyl (C=O) groups is 3. The molecule has 0 saturated carbocycles. The van der Waals surface area contributed by atoms with Gasteiger partial charge in [0, 0.05) is 0 Å². The molecule has 6 nitrogen and oxygen atoms in total. The summed E-state index contributed by atoms with van der Waals surface area (Å²) in [6, 6.07) is 0. The number of carbonyl (C=O) groups excluding carboxylic acids is 3. The van der Waals surface area contributed by atoms with E-state index in [0.29, 0.717) is 0 Å². The van der Waals surface area contributed by atoms with Crippen LogP contribution < -0.4 is 0 Å². The van der Waals surface area contributed by atoms with Gasteiger partial charge in [0.15, 0.2) is 0 Å². The van der Waals surface area contributed by atoms with Crippen molar-refractivity contribution in [2.45, 2.75) is 46.5 Å². The summed E-state index contributed by atoms with van der Waals surface area (Å²) in [6.45, 7) is 4.05. The maximum atomic E-state index is 12.4. The summed E-state index contributed by atoms with van der Waals surface area (Å²) in [4.78, 5) is 34.7. The Hall–Kier alpha value is -2.01. The van der Waals surface area contributed by atoms with Gasteiger partial charge in [-0.05, 0) is 13.3 Å². The van der Waals surface area contributed by atoms with Gasteiger partial charge in [0.2, 0.25) is 5.92 Å². The molecule has 28 heavy (non-hydrogen) atoms. The third-order valence-corrected chi connectivity index (χ3v) is 3.73. The monoisotopic (exact) mass is 424 g/mol. The fraction of sp³-hybridized carbons (Fsp3) is 0.812. The van der Waals surface area contributed by atoms with Crippen LogP contribution in [0, 0.1) is 17.3 Å². The summed E-state index contributed by atoms with van der Waals surface area (Å²) in [5.41, 5.74) is -1.28. The zero-order chi connectivity index (χ0) is 22.3. The molecular weight excluding hydrogens is 402 g/mol. The highest BCUT2D eigenvalue weighted by Crippen LogP contribution is 2.39. The van der Waals surface area contributed by atoms with Crippen molar-refractivity contribution in [1.82, 2.24) is 0 Å². The van der Waals surface area contributed by atoms with Crippen LogP contribution in [0.1, 0.15) is 34.1 Å². The van der Waals surface area contributed by atoms with E-state index < -0.39 is 60.7 Å². The molecule has 0 radical (unpaired) electrons. The molecule has 0 fully saturated rings. The van der Waals surface area contributed by atoms with Gasteiger partial charge in [0.1, 0.15) is 19.8 Å². The third kappa shape index (κ3) is 7.93. The van der Waals surface area contributed by atoms with Gasteiger partial charge in [0.25, 0.3) is 0 Å². The Morgan fingerprint density at radius 2 is 1.29 bits per heavy atom. The number of alkyl halides is 6. The molecular formula is C16H22F6O6. The maximum absolute atomic E-state index is 12.4. The average Bonchev–Trinajstić information content (AvgIpc) is 2.52. The van der Waals surface area contributed by atoms with Gasteiger partial charge < -0.3 is 14.2 Å². The predicted octanol–water partition coefficient (Wildman–Crippen LogP) is 3.43. The SMILES string of the molecule is CCC(C)(COC(=O)C(C)C)C(=O)OCCOC(=O)C(C(F)(F)F)C(F)(F)F. The van der Waals surface area contributed by atoms with Gasteiger partial charge in [-0.1, -0.05) is 20.8 Å². The molecule has 0 aliphatic heterocycles. The second-order valence-electron chi connectivity index (χ2n) is 6.50. The van der Waals surface area contributed by atoms with Gasteiger partial charge in [-0.15, -0.1) is 0 Å². The highest BCUT2D eigenvalue weighted by Gasteiger charge is 2.62. The van der Waals surface area contributed by atoms with Crippen molar-refractivity contribution in [1.29, 1.82) is 0 Å². The minimum atomic E-state index is -5.87. The highest BCUT2D eigenvalue weighted by atomic mass is 19.4. The van der Waals surface area contributed by atoms with E-state index in [4.69, 9.17) is 9.47 Å². The molecule has 0 rings (SSSR count). The fourth-order valence-electron chi connectivity index (χ4n) is 1.69. The number of hydrogen-bond donors (Lipinski definition) is 0. The van der Waals surface area contributed by atoms with Crippen LogP contribution in [0.15, 0.2) is 0 Å². The van der Waals surface area contributed by atoms with Crippen LogP contribution in [0.25, 0.3) is 0 Å². The number of halogens is 6. The number of rotatable bonds is 9. The van der Waals surface area contributed by atoms with Gasteiger partial charge in [0.05, 0.1) is 11.3 Å². The van der Waals surface area contributed by atoms with Crippen LogP contribution in [-0.2, 0) is 28.6 Å². The van der Waals surface area contributed by atoms with Crippen molar-refractivity contribution in [3.63, 3.8) is 0 Å². The van der Waals surface area contributed by atoms with E-state index in [1.54, 1.807) is 20.8 Å². The summed E-state index contributed by atoms with van der Waals surface area (Å²) in [5.74, 6) is -8.74. The zero-order valence-corrected chi connectivity index (χ0v) is 15.7. The second-order valence-corrected chi connectivity index (χ2v) is 6.50. The molecule has 12 heteroatoms. The lowest BCUT2D eigenvalue weighted by molar-refractivity contribution is -0.282. The van der Waals surface area contributed by atoms with Crippen LogP contribution in [0.2, 0.25) is 0 Å². The zero-order valence-electron chi connectivity index (χ0n) is 15.7. The molecule has 0 amide bonds. The van der Waals surface area contributed by atoms with Gasteiger partial charge in [-0.2, -0.15) is 26.3 Å². The minimum absolute atomic E-state index is 0.168. The standard InChI is InChI=1S/C16H22F6O6/c1-5-14(4,8-28-11(23)9(2)3)13(25)27-7-6-26-12(24)10(15(17,18)19)16(20,21)22/h9-10H,5-8H2,1-4H3. The topological polar surface area (TPSA) is 78.9 Å². The first-order valence-electron chi connectivity index (χ1n) is 8.20. The van der Waals surface area contributed by atoms with Gasteiger partial charge in [-0.25, -0.2) is 0 Å². The summed E-state index contributed by atoms with van der Waals surface area (Å²) >= 11 is 0. The summed E-state index contributed by atoms with van der Waals surface area (Å²) in [7, 11) is 0. The lowest BCUT2D eigenvalue weighted by Crippen LogP contribution is -2.43. The fourth-order valence-corrected chi connectivity index (χ4v) is 1.69. The molecule has 0 aromatic heterocycles. The van der Waals surface area contributed by atoms with E-state index in [2.05, 4.69) is 4.74 Å². The molecule has 1 atom stereocenters. The van der Waals surface area contributed by atoms with Crippen molar-refractivity contribution in [2.75, 3.05) is 19.8 Å². The molecule has 0 saturated heterocycles. The second kappa shape index (κ2) is 9.97. The minimum Gasteiger partial charge on any atom is -0.464 e. The Labute approximate surface area is 157 Å². The lowest BCUT2D eigenvalue weighted by atomic mass is 9.89. The van der Waals surface area contributed by atoms with Gasteiger partial charge in [-0.3, -0.25) is 14.4 Å². The summed E-state index contributed by atoms with van der Waals surface area (Å²) in [5, 5.41) is 0.